The molecule has 2 aromatic rings. The van der Waals surface area contributed by atoms with Crippen molar-refractivity contribution in [1.82, 2.24) is 0 Å². The summed E-state index contributed by atoms with van der Waals surface area (Å²) in [4.78, 5) is 0.214. The molecule has 1 atom stereocenters. The van der Waals surface area contributed by atoms with E-state index in [1.807, 2.05) is 13.8 Å². The Balaban J connectivity index is 2.47. The first kappa shape index (κ1) is 14.4. The molecule has 19 heavy (non-hydrogen) atoms. The maximum absolute atomic E-state index is 5.66. The van der Waals surface area contributed by atoms with Crippen molar-refractivity contribution in [1.29, 1.82) is 0 Å². The summed E-state index contributed by atoms with van der Waals surface area (Å²) in [7, 11) is 0. The van der Waals surface area contributed by atoms with E-state index in [1.54, 1.807) is 0 Å². The van der Waals surface area contributed by atoms with E-state index in [1.165, 1.54) is 22.3 Å². The predicted octanol–water partition coefficient (Wildman–Crippen LogP) is 5.51. The van der Waals surface area contributed by atoms with E-state index in [0.29, 0.717) is 0 Å². The Bertz CT molecular complexity index is 569. The van der Waals surface area contributed by atoms with E-state index < -0.39 is 0 Å². The van der Waals surface area contributed by atoms with Crippen LogP contribution in [0.5, 0.6) is 0 Å². The highest BCUT2D eigenvalue weighted by molar-refractivity contribution is 9.09. The van der Waals surface area contributed by atoms with Gasteiger partial charge in [0.2, 0.25) is 0 Å². The summed E-state index contributed by atoms with van der Waals surface area (Å²) in [5.74, 6) is 1.98. The number of benzene rings is 1. The van der Waals surface area contributed by atoms with Crippen LogP contribution < -0.4 is 0 Å². The molecule has 0 spiro atoms. The number of alkyl halides is 1. The molecule has 0 saturated heterocycles. The summed E-state index contributed by atoms with van der Waals surface area (Å²) in [6.45, 7) is 8.43. The summed E-state index contributed by atoms with van der Waals surface area (Å²) in [6.07, 6.45) is 2.12. The van der Waals surface area contributed by atoms with Gasteiger partial charge in [0.05, 0.1) is 4.83 Å². The molecule has 0 saturated carbocycles. The zero-order valence-electron chi connectivity index (χ0n) is 12.1. The van der Waals surface area contributed by atoms with Gasteiger partial charge >= 0.3 is 0 Å². The Kier molecular flexibility index (Phi) is 4.51. The monoisotopic (exact) mass is 320 g/mol. The van der Waals surface area contributed by atoms with Crippen LogP contribution in [0.25, 0.3) is 0 Å². The normalized spacial score (nSPS) is 12.7. The molecule has 0 bridgehead atoms. The van der Waals surface area contributed by atoms with Crippen LogP contribution in [0.15, 0.2) is 28.7 Å². The maximum atomic E-state index is 5.66. The highest BCUT2D eigenvalue weighted by atomic mass is 79.9. The second kappa shape index (κ2) is 5.96. The van der Waals surface area contributed by atoms with Crippen molar-refractivity contribution in [2.45, 2.75) is 45.4 Å². The highest BCUT2D eigenvalue weighted by Crippen LogP contribution is 2.36. The van der Waals surface area contributed by atoms with Crippen molar-refractivity contribution in [3.05, 3.63) is 58.0 Å². The van der Waals surface area contributed by atoms with E-state index in [9.17, 15) is 0 Å². The van der Waals surface area contributed by atoms with E-state index in [-0.39, 0.29) is 4.83 Å². The Hall–Kier alpha value is -1.02. The molecule has 0 aliphatic carbocycles. The minimum atomic E-state index is 0.214. The predicted molar refractivity (Wildman–Crippen MR) is 84.2 cm³/mol. The molecule has 0 fully saturated rings. The smallest absolute Gasteiger partial charge is 0.105 e. The lowest BCUT2D eigenvalue weighted by Crippen LogP contribution is -2.00. The lowest BCUT2D eigenvalue weighted by atomic mass is 9.95. The summed E-state index contributed by atoms with van der Waals surface area (Å²) in [5.41, 5.74) is 5.39. The first-order valence-electron chi connectivity index (χ1n) is 6.89. The largest absolute Gasteiger partial charge is 0.466 e. The molecule has 1 nitrogen and oxygen atoms in total. The summed E-state index contributed by atoms with van der Waals surface area (Å²) in [6, 6.07) is 8.94. The van der Waals surface area contributed by atoms with Crippen molar-refractivity contribution in [2.75, 3.05) is 0 Å². The second-order valence-electron chi connectivity index (χ2n) is 4.97. The van der Waals surface area contributed by atoms with Crippen molar-refractivity contribution in [2.24, 2.45) is 0 Å². The quantitative estimate of drug-likeness (QED) is 0.677. The number of hydrogen-bond donors (Lipinski definition) is 0. The molecule has 0 radical (unpaired) electrons. The van der Waals surface area contributed by atoms with Crippen LogP contribution in [-0.2, 0) is 12.8 Å². The van der Waals surface area contributed by atoms with Crippen molar-refractivity contribution >= 4 is 15.9 Å². The number of hydrogen-bond acceptors (Lipinski definition) is 1. The van der Waals surface area contributed by atoms with Gasteiger partial charge in [-0.3, -0.25) is 0 Å². The van der Waals surface area contributed by atoms with Gasteiger partial charge in [0.15, 0.2) is 0 Å². The molecule has 2 rings (SSSR count). The summed E-state index contributed by atoms with van der Waals surface area (Å²) in [5, 5.41) is 0. The van der Waals surface area contributed by atoms with Crippen LogP contribution in [0.3, 0.4) is 0 Å². The number of rotatable bonds is 4. The van der Waals surface area contributed by atoms with Gasteiger partial charge in [-0.2, -0.15) is 0 Å². The molecule has 0 aliphatic heterocycles. The second-order valence-corrected chi connectivity index (χ2v) is 5.89. The van der Waals surface area contributed by atoms with Gasteiger partial charge in [-0.1, -0.05) is 48.0 Å². The minimum Gasteiger partial charge on any atom is -0.466 e. The van der Waals surface area contributed by atoms with E-state index in [0.717, 1.165) is 24.4 Å². The van der Waals surface area contributed by atoms with Crippen LogP contribution in [-0.4, -0.2) is 0 Å². The molecule has 0 amide bonds. The van der Waals surface area contributed by atoms with Gasteiger partial charge in [0.25, 0.3) is 0 Å². The topological polar surface area (TPSA) is 13.1 Å². The fraction of sp³-hybridized carbons (Fsp3) is 0.412. The van der Waals surface area contributed by atoms with Crippen LogP contribution in [0.2, 0.25) is 0 Å². The first-order chi connectivity index (χ1) is 9.06. The Morgan fingerprint density at radius 1 is 1.05 bits per heavy atom. The molecule has 0 aliphatic rings. The van der Waals surface area contributed by atoms with Crippen LogP contribution in [0.4, 0.5) is 0 Å². The van der Waals surface area contributed by atoms with Crippen molar-refractivity contribution < 1.29 is 4.42 Å². The zero-order chi connectivity index (χ0) is 14.0. The van der Waals surface area contributed by atoms with E-state index >= 15 is 0 Å². The van der Waals surface area contributed by atoms with Crippen molar-refractivity contribution in [3.63, 3.8) is 0 Å². The average molecular weight is 321 g/mol. The lowest BCUT2D eigenvalue weighted by Gasteiger charge is -2.15. The lowest BCUT2D eigenvalue weighted by molar-refractivity contribution is 0.502. The fourth-order valence-corrected chi connectivity index (χ4v) is 3.37. The number of halogens is 1. The highest BCUT2D eigenvalue weighted by Gasteiger charge is 2.18. The average Bonchev–Trinajstić information content (AvgIpc) is 2.76. The van der Waals surface area contributed by atoms with Crippen LogP contribution >= 0.6 is 15.9 Å². The molecule has 0 N–H and O–H groups in total. The molecule has 1 aromatic heterocycles. The molecule has 1 aromatic carbocycles. The number of furan rings is 1. The maximum Gasteiger partial charge on any atom is 0.105 e. The summed E-state index contributed by atoms with van der Waals surface area (Å²) < 4.78 is 5.66. The minimum absolute atomic E-state index is 0.214. The molecule has 2 heteroatoms. The first-order valence-corrected chi connectivity index (χ1v) is 7.81. The zero-order valence-corrected chi connectivity index (χ0v) is 13.7. The number of aryl methyl sites for hydroxylation is 4. The third-order valence-electron chi connectivity index (χ3n) is 3.62. The summed E-state index contributed by atoms with van der Waals surface area (Å²) >= 11 is 3.85. The molecular formula is C17H21BrO. The van der Waals surface area contributed by atoms with Gasteiger partial charge in [0.1, 0.15) is 11.5 Å². The van der Waals surface area contributed by atoms with Crippen molar-refractivity contribution in [3.8, 4) is 0 Å². The van der Waals surface area contributed by atoms with Crippen LogP contribution in [0.1, 0.15) is 52.4 Å². The molecular weight excluding hydrogens is 300 g/mol. The van der Waals surface area contributed by atoms with E-state index in [4.69, 9.17) is 4.42 Å². The van der Waals surface area contributed by atoms with Crippen LogP contribution in [0, 0.1) is 13.8 Å². The van der Waals surface area contributed by atoms with E-state index in [2.05, 4.69) is 54.0 Å². The Morgan fingerprint density at radius 3 is 2.32 bits per heavy atom. The molecule has 1 unspecified atom stereocenters. The third-order valence-corrected chi connectivity index (χ3v) is 4.61. The SMILES string of the molecule is CCc1ccc(CC)c(C(Br)c2cc(C)oc2C)c1. The van der Waals surface area contributed by atoms with Gasteiger partial charge < -0.3 is 4.42 Å². The van der Waals surface area contributed by atoms with Gasteiger partial charge in [-0.25, -0.2) is 0 Å². The Labute approximate surface area is 124 Å². The molecule has 102 valence electrons. The fourth-order valence-electron chi connectivity index (χ4n) is 2.49. The third kappa shape index (κ3) is 2.94. The Morgan fingerprint density at radius 2 is 1.79 bits per heavy atom. The standard InChI is InChI=1S/C17H21BrO/c1-5-13-7-8-14(6-2)16(10-13)17(18)15-9-11(3)19-12(15)4/h7-10,17H,5-6H2,1-4H3. The van der Waals surface area contributed by atoms with Gasteiger partial charge in [0, 0.05) is 5.56 Å². The molecule has 1 heterocycles. The van der Waals surface area contributed by atoms with Gasteiger partial charge in [-0.05, 0) is 49.4 Å². The van der Waals surface area contributed by atoms with Gasteiger partial charge in [-0.15, -0.1) is 0 Å².